The van der Waals surface area contributed by atoms with Crippen LogP contribution < -0.4 is 0 Å². The van der Waals surface area contributed by atoms with Gasteiger partial charge in [-0.05, 0) is 37.0 Å². The molecule has 1 spiro atoms. The first kappa shape index (κ1) is 15.0. The van der Waals surface area contributed by atoms with Crippen molar-refractivity contribution in [1.82, 2.24) is 0 Å². The molecule has 2 aliphatic rings. The lowest BCUT2D eigenvalue weighted by Gasteiger charge is -2.33. The third-order valence-corrected chi connectivity index (χ3v) is 3.50. The summed E-state index contributed by atoms with van der Waals surface area (Å²) in [4.78, 5) is 0. The molecule has 1 saturated heterocycles. The van der Waals surface area contributed by atoms with Crippen LogP contribution in [0.2, 0.25) is 0 Å². The molecule has 1 unspecified atom stereocenters. The minimum atomic E-state index is 0.720. The molecule has 0 bridgehead atoms. The van der Waals surface area contributed by atoms with Crippen LogP contribution in [0.15, 0.2) is 0 Å². The topological polar surface area (TPSA) is 9.23 Å². The molecule has 0 aromatic rings. The fourth-order valence-electron chi connectivity index (χ4n) is 2.75. The summed E-state index contributed by atoms with van der Waals surface area (Å²) in [5.74, 6) is 0.980. The number of ether oxygens (including phenoxy) is 1. The largest absolute Gasteiger partial charge is 0.381 e. The summed E-state index contributed by atoms with van der Waals surface area (Å²) in [7, 11) is 0. The molecule has 15 heavy (non-hydrogen) atoms. The summed E-state index contributed by atoms with van der Waals surface area (Å²) in [6.07, 6.45) is 7.06. The van der Waals surface area contributed by atoms with Gasteiger partial charge >= 0.3 is 0 Å². The lowest BCUT2D eigenvalue weighted by atomic mass is 9.78. The minimum Gasteiger partial charge on any atom is -0.381 e. The SMILES string of the molecule is CC.CC.CC1CCC2(CCOCC2)C1. The zero-order valence-corrected chi connectivity index (χ0v) is 11.4. The average molecular weight is 214 g/mol. The van der Waals surface area contributed by atoms with Crippen molar-refractivity contribution in [2.75, 3.05) is 13.2 Å². The van der Waals surface area contributed by atoms with Crippen molar-refractivity contribution in [2.24, 2.45) is 11.3 Å². The molecule has 0 N–H and O–H groups in total. The molecule has 1 saturated carbocycles. The molecular formula is C14H30O. The maximum atomic E-state index is 5.39. The van der Waals surface area contributed by atoms with Gasteiger partial charge in [0.25, 0.3) is 0 Å². The number of rotatable bonds is 0. The molecule has 92 valence electrons. The Morgan fingerprint density at radius 3 is 1.87 bits per heavy atom. The van der Waals surface area contributed by atoms with E-state index in [1.54, 1.807) is 0 Å². The van der Waals surface area contributed by atoms with Crippen LogP contribution in [0.1, 0.15) is 66.7 Å². The Hall–Kier alpha value is -0.0400. The fraction of sp³-hybridized carbons (Fsp3) is 1.00. The Labute approximate surface area is 96.6 Å². The van der Waals surface area contributed by atoms with Crippen LogP contribution >= 0.6 is 0 Å². The van der Waals surface area contributed by atoms with Gasteiger partial charge in [0.05, 0.1) is 0 Å². The highest BCUT2D eigenvalue weighted by Gasteiger charge is 2.38. The van der Waals surface area contributed by atoms with Gasteiger partial charge in [0.1, 0.15) is 0 Å². The molecular weight excluding hydrogens is 184 g/mol. The van der Waals surface area contributed by atoms with Crippen molar-refractivity contribution in [2.45, 2.75) is 66.7 Å². The van der Waals surface area contributed by atoms with E-state index in [0.717, 1.165) is 24.5 Å². The Morgan fingerprint density at radius 2 is 1.47 bits per heavy atom. The summed E-state index contributed by atoms with van der Waals surface area (Å²) in [6, 6.07) is 0. The van der Waals surface area contributed by atoms with E-state index in [2.05, 4.69) is 6.92 Å². The summed E-state index contributed by atoms with van der Waals surface area (Å²) in [5.41, 5.74) is 0.720. The maximum Gasteiger partial charge on any atom is 0.0471 e. The van der Waals surface area contributed by atoms with E-state index in [-0.39, 0.29) is 0 Å². The normalized spacial score (nSPS) is 27.4. The Morgan fingerprint density at radius 1 is 0.933 bits per heavy atom. The van der Waals surface area contributed by atoms with E-state index in [0.29, 0.717) is 0 Å². The first-order valence-corrected chi connectivity index (χ1v) is 6.89. The smallest absolute Gasteiger partial charge is 0.0471 e. The van der Waals surface area contributed by atoms with Gasteiger partial charge in [-0.15, -0.1) is 0 Å². The third kappa shape index (κ3) is 4.55. The van der Waals surface area contributed by atoms with Crippen LogP contribution in [0.5, 0.6) is 0 Å². The van der Waals surface area contributed by atoms with Crippen LogP contribution in [0.3, 0.4) is 0 Å². The van der Waals surface area contributed by atoms with Gasteiger partial charge in [0.15, 0.2) is 0 Å². The molecule has 0 aromatic carbocycles. The zero-order valence-electron chi connectivity index (χ0n) is 11.4. The van der Waals surface area contributed by atoms with Gasteiger partial charge in [0.2, 0.25) is 0 Å². The molecule has 1 heterocycles. The summed E-state index contributed by atoms with van der Waals surface area (Å²) >= 11 is 0. The van der Waals surface area contributed by atoms with Gasteiger partial charge in [-0.2, -0.15) is 0 Å². The van der Waals surface area contributed by atoms with E-state index in [4.69, 9.17) is 4.74 Å². The molecule has 0 amide bonds. The molecule has 0 aromatic heterocycles. The quantitative estimate of drug-likeness (QED) is 0.570. The maximum absolute atomic E-state index is 5.39. The average Bonchev–Trinajstić information content (AvgIpc) is 2.66. The second-order valence-electron chi connectivity index (χ2n) is 4.46. The lowest BCUT2D eigenvalue weighted by Crippen LogP contribution is -2.26. The third-order valence-electron chi connectivity index (χ3n) is 3.50. The van der Waals surface area contributed by atoms with Gasteiger partial charge in [0, 0.05) is 13.2 Å². The van der Waals surface area contributed by atoms with Crippen molar-refractivity contribution in [3.05, 3.63) is 0 Å². The van der Waals surface area contributed by atoms with Crippen LogP contribution in [0.25, 0.3) is 0 Å². The van der Waals surface area contributed by atoms with E-state index in [1.165, 1.54) is 32.1 Å². The zero-order chi connectivity index (χ0) is 11.7. The van der Waals surface area contributed by atoms with E-state index in [9.17, 15) is 0 Å². The summed E-state index contributed by atoms with van der Waals surface area (Å²) < 4.78 is 5.39. The number of hydrogen-bond acceptors (Lipinski definition) is 1. The predicted molar refractivity (Wildman–Crippen MR) is 68.2 cm³/mol. The van der Waals surface area contributed by atoms with Crippen LogP contribution in [-0.4, -0.2) is 13.2 Å². The molecule has 1 atom stereocenters. The van der Waals surface area contributed by atoms with Crippen molar-refractivity contribution < 1.29 is 4.74 Å². The van der Waals surface area contributed by atoms with Crippen molar-refractivity contribution in [3.8, 4) is 0 Å². The summed E-state index contributed by atoms with van der Waals surface area (Å²) in [6.45, 7) is 12.4. The number of hydrogen-bond donors (Lipinski definition) is 0. The van der Waals surface area contributed by atoms with Crippen molar-refractivity contribution >= 4 is 0 Å². The standard InChI is InChI=1S/C10H18O.2C2H6/c1-9-2-3-10(8-9)4-6-11-7-5-10;2*1-2/h9H,2-8H2,1H3;2*1-2H3. The monoisotopic (exact) mass is 214 g/mol. The molecule has 2 rings (SSSR count). The van der Waals surface area contributed by atoms with Gasteiger partial charge in [-0.1, -0.05) is 41.0 Å². The van der Waals surface area contributed by atoms with Crippen molar-refractivity contribution in [1.29, 1.82) is 0 Å². The van der Waals surface area contributed by atoms with Gasteiger partial charge < -0.3 is 4.74 Å². The molecule has 1 heteroatoms. The second kappa shape index (κ2) is 8.15. The predicted octanol–water partition coefficient (Wildman–Crippen LogP) is 4.66. The lowest BCUT2D eigenvalue weighted by molar-refractivity contribution is 0.0165. The fourth-order valence-corrected chi connectivity index (χ4v) is 2.75. The molecule has 1 aliphatic heterocycles. The van der Waals surface area contributed by atoms with E-state index < -0.39 is 0 Å². The molecule has 0 radical (unpaired) electrons. The van der Waals surface area contributed by atoms with E-state index in [1.807, 2.05) is 27.7 Å². The van der Waals surface area contributed by atoms with Crippen LogP contribution in [-0.2, 0) is 4.74 Å². The van der Waals surface area contributed by atoms with Crippen molar-refractivity contribution in [3.63, 3.8) is 0 Å². The first-order valence-electron chi connectivity index (χ1n) is 6.89. The molecule has 2 fully saturated rings. The molecule has 1 nitrogen and oxygen atoms in total. The minimum absolute atomic E-state index is 0.720. The van der Waals surface area contributed by atoms with Crippen LogP contribution in [0.4, 0.5) is 0 Å². The second-order valence-corrected chi connectivity index (χ2v) is 4.46. The Balaban J connectivity index is 0.000000442. The highest BCUT2D eigenvalue weighted by Crippen LogP contribution is 2.48. The summed E-state index contributed by atoms with van der Waals surface area (Å²) in [5, 5.41) is 0. The Bertz CT molecular complexity index is 131. The van der Waals surface area contributed by atoms with Gasteiger partial charge in [-0.25, -0.2) is 0 Å². The first-order chi connectivity index (χ1) is 7.31. The van der Waals surface area contributed by atoms with E-state index >= 15 is 0 Å². The Kier molecular flexibility index (Phi) is 8.13. The van der Waals surface area contributed by atoms with Crippen LogP contribution in [0, 0.1) is 11.3 Å². The highest BCUT2D eigenvalue weighted by molar-refractivity contribution is 4.88. The molecule has 1 aliphatic carbocycles. The van der Waals surface area contributed by atoms with Gasteiger partial charge in [-0.3, -0.25) is 0 Å². The highest BCUT2D eigenvalue weighted by atomic mass is 16.5.